The first kappa shape index (κ1) is 21.2. The summed E-state index contributed by atoms with van der Waals surface area (Å²) >= 11 is 0. The molecule has 1 atom stereocenters. The Labute approximate surface area is 164 Å². The van der Waals surface area contributed by atoms with Gasteiger partial charge in [0.25, 0.3) is 5.91 Å². The molecule has 1 amide bonds. The Balaban J connectivity index is 1.99. The maximum atomic E-state index is 12.3. The van der Waals surface area contributed by atoms with Gasteiger partial charge >= 0.3 is 11.9 Å². The van der Waals surface area contributed by atoms with Gasteiger partial charge in [0.1, 0.15) is 6.04 Å². The Kier molecular flexibility index (Phi) is 7.37. The normalized spacial score (nSPS) is 11.8. The molecule has 28 heavy (non-hydrogen) atoms. The first-order valence-corrected chi connectivity index (χ1v) is 9.10. The highest BCUT2D eigenvalue weighted by molar-refractivity contribution is 5.92. The molecule has 1 aromatic heterocycles. The van der Waals surface area contributed by atoms with Crippen LogP contribution in [0.15, 0.2) is 42.7 Å². The summed E-state index contributed by atoms with van der Waals surface area (Å²) in [7, 11) is 1.27. The van der Waals surface area contributed by atoms with Crippen LogP contribution in [-0.4, -0.2) is 42.2 Å². The van der Waals surface area contributed by atoms with E-state index in [1.54, 1.807) is 12.1 Å². The van der Waals surface area contributed by atoms with E-state index in [1.165, 1.54) is 7.11 Å². The van der Waals surface area contributed by atoms with Crippen LogP contribution in [-0.2, 0) is 19.1 Å². The minimum absolute atomic E-state index is 0.187. The predicted octanol–water partition coefficient (Wildman–Crippen LogP) is 2.65. The summed E-state index contributed by atoms with van der Waals surface area (Å²) < 4.78 is 11.7. The number of esters is 2. The third-order valence-electron chi connectivity index (χ3n) is 4.19. The van der Waals surface area contributed by atoms with Crippen molar-refractivity contribution in [1.82, 2.24) is 9.88 Å². The Hall–Kier alpha value is -3.09. The lowest BCUT2D eigenvalue weighted by atomic mass is 10.0. The SMILES string of the molecule is COC(=O)C(CC(C)C)NC(=O)COC(=O)c1ccc(C)c(-n2cccc2)c1. The first-order valence-electron chi connectivity index (χ1n) is 9.10. The Morgan fingerprint density at radius 2 is 1.82 bits per heavy atom. The quantitative estimate of drug-likeness (QED) is 0.705. The van der Waals surface area contributed by atoms with Gasteiger partial charge < -0.3 is 19.4 Å². The molecule has 0 bridgehead atoms. The summed E-state index contributed by atoms with van der Waals surface area (Å²) in [5.74, 6) is -1.50. The van der Waals surface area contributed by atoms with Gasteiger partial charge in [0.05, 0.1) is 12.7 Å². The molecule has 0 saturated carbocycles. The number of methoxy groups -OCH3 is 1. The highest BCUT2D eigenvalue weighted by atomic mass is 16.5. The molecule has 0 aliphatic heterocycles. The zero-order chi connectivity index (χ0) is 20.7. The van der Waals surface area contributed by atoms with Crippen LogP contribution in [0.2, 0.25) is 0 Å². The molecule has 0 fully saturated rings. The van der Waals surface area contributed by atoms with E-state index < -0.39 is 30.5 Å². The monoisotopic (exact) mass is 386 g/mol. The molecule has 1 heterocycles. The second kappa shape index (κ2) is 9.73. The molecule has 2 rings (SSSR count). The van der Waals surface area contributed by atoms with Gasteiger partial charge in [-0.1, -0.05) is 19.9 Å². The Morgan fingerprint density at radius 1 is 1.14 bits per heavy atom. The molecule has 150 valence electrons. The van der Waals surface area contributed by atoms with Crippen molar-refractivity contribution in [3.63, 3.8) is 0 Å². The van der Waals surface area contributed by atoms with Gasteiger partial charge in [0, 0.05) is 18.1 Å². The maximum absolute atomic E-state index is 12.3. The molecule has 0 aliphatic carbocycles. The van der Waals surface area contributed by atoms with Crippen LogP contribution in [0.25, 0.3) is 5.69 Å². The van der Waals surface area contributed by atoms with E-state index in [0.717, 1.165) is 11.3 Å². The molecule has 1 N–H and O–H groups in total. The maximum Gasteiger partial charge on any atom is 0.338 e. The summed E-state index contributed by atoms with van der Waals surface area (Å²) in [6.45, 7) is 5.33. The summed E-state index contributed by atoms with van der Waals surface area (Å²) in [6, 6.07) is 8.20. The van der Waals surface area contributed by atoms with Crippen LogP contribution in [0.5, 0.6) is 0 Å². The van der Waals surface area contributed by atoms with Crippen molar-refractivity contribution in [2.45, 2.75) is 33.2 Å². The largest absolute Gasteiger partial charge is 0.467 e. The summed E-state index contributed by atoms with van der Waals surface area (Å²) in [4.78, 5) is 36.2. The Bertz CT molecular complexity index is 827. The number of nitrogens with one attached hydrogen (secondary N) is 1. The molecule has 1 aromatic carbocycles. The topological polar surface area (TPSA) is 86.6 Å². The fourth-order valence-electron chi connectivity index (χ4n) is 2.79. The van der Waals surface area contributed by atoms with E-state index in [1.807, 2.05) is 55.9 Å². The van der Waals surface area contributed by atoms with E-state index in [0.29, 0.717) is 12.0 Å². The van der Waals surface area contributed by atoms with Gasteiger partial charge in [0.2, 0.25) is 0 Å². The summed E-state index contributed by atoms with van der Waals surface area (Å²) in [6.07, 6.45) is 4.20. The number of ether oxygens (including phenoxy) is 2. The van der Waals surface area contributed by atoms with E-state index in [2.05, 4.69) is 5.32 Å². The zero-order valence-corrected chi connectivity index (χ0v) is 16.6. The van der Waals surface area contributed by atoms with Crippen LogP contribution in [0.3, 0.4) is 0 Å². The third-order valence-corrected chi connectivity index (χ3v) is 4.19. The lowest BCUT2D eigenvalue weighted by molar-refractivity contribution is -0.145. The molecule has 2 aromatic rings. The standard InChI is InChI=1S/C21H26N2O5/c1-14(2)11-17(21(26)27-4)22-19(24)13-28-20(25)16-8-7-15(3)18(12-16)23-9-5-6-10-23/h5-10,12,14,17H,11,13H2,1-4H3,(H,22,24). The van der Waals surface area contributed by atoms with Crippen LogP contribution in [0.4, 0.5) is 0 Å². The number of amides is 1. The third kappa shape index (κ3) is 5.70. The van der Waals surface area contributed by atoms with Crippen molar-refractivity contribution in [3.8, 4) is 5.69 Å². The van der Waals surface area contributed by atoms with E-state index >= 15 is 0 Å². The van der Waals surface area contributed by atoms with Gasteiger partial charge in [-0.2, -0.15) is 0 Å². The zero-order valence-electron chi connectivity index (χ0n) is 16.6. The number of nitrogens with zero attached hydrogens (tertiary/aromatic N) is 1. The van der Waals surface area contributed by atoms with Gasteiger partial charge in [-0.3, -0.25) is 4.79 Å². The molecule has 0 spiro atoms. The number of aryl methyl sites for hydroxylation is 1. The minimum atomic E-state index is -0.768. The fraction of sp³-hybridized carbons (Fsp3) is 0.381. The van der Waals surface area contributed by atoms with Crippen molar-refractivity contribution in [2.75, 3.05) is 13.7 Å². The fourth-order valence-corrected chi connectivity index (χ4v) is 2.79. The molecular weight excluding hydrogens is 360 g/mol. The van der Waals surface area contributed by atoms with E-state index in [-0.39, 0.29) is 5.92 Å². The molecule has 0 saturated heterocycles. The number of benzene rings is 1. The summed E-state index contributed by atoms with van der Waals surface area (Å²) in [5.41, 5.74) is 2.19. The van der Waals surface area contributed by atoms with Crippen molar-refractivity contribution in [3.05, 3.63) is 53.9 Å². The van der Waals surface area contributed by atoms with Crippen molar-refractivity contribution < 1.29 is 23.9 Å². The summed E-state index contributed by atoms with van der Waals surface area (Å²) in [5, 5.41) is 2.55. The average molecular weight is 386 g/mol. The smallest absolute Gasteiger partial charge is 0.338 e. The van der Waals surface area contributed by atoms with Gasteiger partial charge in [-0.05, 0) is 49.1 Å². The van der Waals surface area contributed by atoms with Gasteiger partial charge in [-0.15, -0.1) is 0 Å². The highest BCUT2D eigenvalue weighted by Crippen LogP contribution is 2.17. The van der Waals surface area contributed by atoms with Crippen molar-refractivity contribution in [2.24, 2.45) is 5.92 Å². The molecule has 1 unspecified atom stereocenters. The number of aromatic nitrogens is 1. The van der Waals surface area contributed by atoms with Crippen LogP contribution in [0, 0.1) is 12.8 Å². The predicted molar refractivity (Wildman–Crippen MR) is 104 cm³/mol. The van der Waals surface area contributed by atoms with E-state index in [9.17, 15) is 14.4 Å². The molecular formula is C21H26N2O5. The molecule has 7 heteroatoms. The van der Waals surface area contributed by atoms with Crippen LogP contribution < -0.4 is 5.32 Å². The first-order chi connectivity index (χ1) is 13.3. The van der Waals surface area contributed by atoms with E-state index in [4.69, 9.17) is 9.47 Å². The minimum Gasteiger partial charge on any atom is -0.467 e. The number of hydrogen-bond donors (Lipinski definition) is 1. The highest BCUT2D eigenvalue weighted by Gasteiger charge is 2.23. The van der Waals surface area contributed by atoms with Gasteiger partial charge in [-0.25, -0.2) is 9.59 Å². The lowest BCUT2D eigenvalue weighted by Crippen LogP contribution is -2.44. The average Bonchev–Trinajstić information content (AvgIpc) is 3.19. The van der Waals surface area contributed by atoms with Crippen molar-refractivity contribution >= 4 is 17.8 Å². The Morgan fingerprint density at radius 3 is 2.43 bits per heavy atom. The van der Waals surface area contributed by atoms with Crippen molar-refractivity contribution in [1.29, 1.82) is 0 Å². The second-order valence-corrected chi connectivity index (χ2v) is 6.94. The number of hydrogen-bond acceptors (Lipinski definition) is 5. The van der Waals surface area contributed by atoms with Crippen LogP contribution in [0.1, 0.15) is 36.2 Å². The van der Waals surface area contributed by atoms with Gasteiger partial charge in [0.15, 0.2) is 6.61 Å². The number of carbonyl (C=O) groups is 3. The molecule has 0 aliphatic rings. The lowest BCUT2D eigenvalue weighted by Gasteiger charge is -2.18. The number of carbonyl (C=O) groups excluding carboxylic acids is 3. The molecule has 7 nitrogen and oxygen atoms in total. The number of rotatable bonds is 8. The molecule has 0 radical (unpaired) electrons. The van der Waals surface area contributed by atoms with Crippen LogP contribution >= 0.6 is 0 Å². The second-order valence-electron chi connectivity index (χ2n) is 6.94.